The Morgan fingerprint density at radius 2 is 1.97 bits per heavy atom. The van der Waals surface area contributed by atoms with Gasteiger partial charge in [-0.15, -0.1) is 11.3 Å². The van der Waals surface area contributed by atoms with Gasteiger partial charge >= 0.3 is 5.63 Å². The second kappa shape index (κ2) is 7.81. The van der Waals surface area contributed by atoms with Crippen molar-refractivity contribution in [2.24, 2.45) is 0 Å². The summed E-state index contributed by atoms with van der Waals surface area (Å²) >= 11 is 1.53. The maximum atomic E-state index is 12.0. The summed E-state index contributed by atoms with van der Waals surface area (Å²) in [5.74, 6) is 0.0873. The Morgan fingerprint density at radius 1 is 1.21 bits per heavy atom. The van der Waals surface area contributed by atoms with Crippen LogP contribution in [0.5, 0.6) is 5.75 Å². The topological polar surface area (TPSA) is 75.4 Å². The minimum absolute atomic E-state index is 0.0624. The summed E-state index contributed by atoms with van der Waals surface area (Å²) in [5.41, 5.74) is 3.85. The lowest BCUT2D eigenvalue weighted by atomic mass is 9.99. The van der Waals surface area contributed by atoms with Crippen molar-refractivity contribution in [2.75, 3.05) is 0 Å². The molecule has 0 spiro atoms. The molecule has 4 aromatic rings. The van der Waals surface area contributed by atoms with Crippen LogP contribution in [0, 0.1) is 13.8 Å². The van der Waals surface area contributed by atoms with E-state index in [1.54, 1.807) is 0 Å². The van der Waals surface area contributed by atoms with Gasteiger partial charge in [0.05, 0.1) is 16.3 Å². The molecule has 0 fully saturated rings. The van der Waals surface area contributed by atoms with Gasteiger partial charge in [0, 0.05) is 35.0 Å². The van der Waals surface area contributed by atoms with Crippen LogP contribution in [-0.2, 0) is 6.54 Å². The minimum atomic E-state index is -0.427. The van der Waals surface area contributed by atoms with E-state index in [0.717, 1.165) is 27.2 Å². The first-order valence-corrected chi connectivity index (χ1v) is 10.3. The molecule has 148 valence electrons. The van der Waals surface area contributed by atoms with Crippen LogP contribution in [0.1, 0.15) is 34.7 Å². The van der Waals surface area contributed by atoms with E-state index in [2.05, 4.69) is 17.2 Å². The highest BCUT2D eigenvalue weighted by Gasteiger charge is 2.20. The normalized spacial score (nSPS) is 12.4. The van der Waals surface area contributed by atoms with Gasteiger partial charge in [0.1, 0.15) is 11.3 Å². The summed E-state index contributed by atoms with van der Waals surface area (Å²) in [4.78, 5) is 16.5. The number of aromatic nitrogens is 1. The Morgan fingerprint density at radius 3 is 2.66 bits per heavy atom. The lowest BCUT2D eigenvalue weighted by molar-refractivity contribution is 0.458. The molecule has 0 saturated heterocycles. The molecule has 0 bridgehead atoms. The standard InChI is InChI=1S/C23H22N2O3S/c1-13-9-21(26)28-23-17(13)10-18(20-12-29-15(3)25-20)22(27)19(23)11-24-14(2)16-7-5-4-6-8-16/h4-10,12,14,24,27H,11H2,1-3H3. The van der Waals surface area contributed by atoms with Gasteiger partial charge in [0.15, 0.2) is 0 Å². The Balaban J connectivity index is 1.82. The molecular weight excluding hydrogens is 384 g/mol. The average molecular weight is 407 g/mol. The van der Waals surface area contributed by atoms with Crippen LogP contribution in [0.3, 0.4) is 0 Å². The number of nitrogens with zero attached hydrogens (tertiary/aromatic N) is 1. The average Bonchev–Trinajstić information content (AvgIpc) is 3.13. The van der Waals surface area contributed by atoms with Crippen LogP contribution in [0.4, 0.5) is 0 Å². The zero-order valence-electron chi connectivity index (χ0n) is 16.5. The fourth-order valence-corrected chi connectivity index (χ4v) is 4.08. The number of rotatable bonds is 5. The molecule has 0 radical (unpaired) electrons. The summed E-state index contributed by atoms with van der Waals surface area (Å²) in [6.45, 7) is 6.21. The fourth-order valence-electron chi connectivity index (χ4n) is 3.47. The molecule has 4 rings (SSSR count). The molecule has 1 atom stereocenters. The molecule has 2 N–H and O–H groups in total. The number of hydrogen-bond acceptors (Lipinski definition) is 6. The number of phenols is 1. The predicted octanol–water partition coefficient (Wildman–Crippen LogP) is 5.09. The van der Waals surface area contributed by atoms with Gasteiger partial charge in [-0.1, -0.05) is 30.3 Å². The summed E-state index contributed by atoms with van der Waals surface area (Å²) < 4.78 is 5.52. The lowest BCUT2D eigenvalue weighted by Crippen LogP contribution is -2.18. The minimum Gasteiger partial charge on any atom is -0.507 e. The van der Waals surface area contributed by atoms with Gasteiger partial charge in [-0.25, -0.2) is 9.78 Å². The van der Waals surface area contributed by atoms with Crippen LogP contribution in [0.2, 0.25) is 0 Å². The van der Waals surface area contributed by atoms with Crippen molar-refractivity contribution in [3.8, 4) is 17.0 Å². The number of aryl methyl sites for hydroxylation is 2. The first kappa shape index (κ1) is 19.4. The summed E-state index contributed by atoms with van der Waals surface area (Å²) in [7, 11) is 0. The maximum Gasteiger partial charge on any atom is 0.336 e. The Labute approximate surface area is 172 Å². The van der Waals surface area contributed by atoms with Gasteiger partial charge in [0.25, 0.3) is 0 Å². The third-order valence-corrected chi connectivity index (χ3v) is 5.86. The quantitative estimate of drug-likeness (QED) is 0.452. The van der Waals surface area contributed by atoms with Crippen molar-refractivity contribution in [2.45, 2.75) is 33.4 Å². The molecule has 0 aliphatic carbocycles. The molecule has 1 unspecified atom stereocenters. The fraction of sp³-hybridized carbons (Fsp3) is 0.217. The smallest absolute Gasteiger partial charge is 0.336 e. The van der Waals surface area contributed by atoms with E-state index >= 15 is 0 Å². The number of phenolic OH excluding ortho intramolecular Hbond substituents is 1. The van der Waals surface area contributed by atoms with E-state index < -0.39 is 5.63 Å². The third-order valence-electron chi connectivity index (χ3n) is 5.09. The number of benzene rings is 2. The number of hydrogen-bond donors (Lipinski definition) is 2. The maximum absolute atomic E-state index is 12.0. The van der Waals surface area contributed by atoms with Crippen molar-refractivity contribution >= 4 is 22.3 Å². The number of nitrogens with one attached hydrogen (secondary N) is 1. The summed E-state index contributed by atoms with van der Waals surface area (Å²) in [6, 6.07) is 13.4. The first-order valence-electron chi connectivity index (χ1n) is 9.44. The molecule has 2 aromatic carbocycles. The van der Waals surface area contributed by atoms with E-state index in [1.807, 2.05) is 55.6 Å². The molecule has 5 nitrogen and oxygen atoms in total. The van der Waals surface area contributed by atoms with Crippen LogP contribution in [0.15, 0.2) is 57.1 Å². The second-order valence-electron chi connectivity index (χ2n) is 7.14. The van der Waals surface area contributed by atoms with Crippen LogP contribution >= 0.6 is 11.3 Å². The van der Waals surface area contributed by atoms with E-state index in [4.69, 9.17) is 4.42 Å². The Hall–Kier alpha value is -2.96. The van der Waals surface area contributed by atoms with E-state index in [9.17, 15) is 9.90 Å². The molecule has 0 saturated carbocycles. The number of aromatic hydroxyl groups is 1. The third kappa shape index (κ3) is 3.81. The first-order chi connectivity index (χ1) is 13.9. The molecule has 2 aromatic heterocycles. The van der Waals surface area contributed by atoms with E-state index in [-0.39, 0.29) is 11.8 Å². The predicted molar refractivity (Wildman–Crippen MR) is 116 cm³/mol. The van der Waals surface area contributed by atoms with Gasteiger partial charge in [0.2, 0.25) is 0 Å². The highest BCUT2D eigenvalue weighted by molar-refractivity contribution is 7.09. The molecule has 0 aliphatic heterocycles. The van der Waals surface area contributed by atoms with Crippen molar-refractivity contribution < 1.29 is 9.52 Å². The lowest BCUT2D eigenvalue weighted by Gasteiger charge is -2.17. The molecule has 0 amide bonds. The summed E-state index contributed by atoms with van der Waals surface area (Å²) in [6.07, 6.45) is 0. The monoisotopic (exact) mass is 406 g/mol. The van der Waals surface area contributed by atoms with Gasteiger partial charge < -0.3 is 14.8 Å². The van der Waals surface area contributed by atoms with Crippen LogP contribution in [-0.4, -0.2) is 10.1 Å². The molecule has 29 heavy (non-hydrogen) atoms. The molecule has 0 aliphatic rings. The van der Waals surface area contributed by atoms with Crippen molar-refractivity contribution in [3.63, 3.8) is 0 Å². The van der Waals surface area contributed by atoms with Crippen molar-refractivity contribution in [1.82, 2.24) is 10.3 Å². The van der Waals surface area contributed by atoms with E-state index in [1.165, 1.54) is 17.4 Å². The Kier molecular flexibility index (Phi) is 5.22. The van der Waals surface area contributed by atoms with Crippen molar-refractivity contribution in [3.05, 3.63) is 80.0 Å². The highest BCUT2D eigenvalue weighted by Crippen LogP contribution is 2.38. The van der Waals surface area contributed by atoms with Crippen molar-refractivity contribution in [1.29, 1.82) is 0 Å². The Bertz CT molecular complexity index is 1230. The van der Waals surface area contributed by atoms with Crippen LogP contribution in [0.25, 0.3) is 22.2 Å². The van der Waals surface area contributed by atoms with Gasteiger partial charge in [-0.3, -0.25) is 0 Å². The molecule has 6 heteroatoms. The molecule has 2 heterocycles. The number of fused-ring (bicyclic) bond motifs is 1. The van der Waals surface area contributed by atoms with Gasteiger partial charge in [-0.2, -0.15) is 0 Å². The van der Waals surface area contributed by atoms with Gasteiger partial charge in [-0.05, 0) is 38.0 Å². The SMILES string of the molecule is Cc1nc(-c2cc3c(C)cc(=O)oc3c(CNC(C)c3ccccc3)c2O)cs1. The largest absolute Gasteiger partial charge is 0.507 e. The molecular formula is C23H22N2O3S. The van der Waals surface area contributed by atoms with Crippen LogP contribution < -0.4 is 10.9 Å². The zero-order valence-corrected chi connectivity index (χ0v) is 17.3. The summed E-state index contributed by atoms with van der Waals surface area (Å²) in [5, 5.41) is 18.2. The number of thiazole rings is 1. The highest BCUT2D eigenvalue weighted by atomic mass is 32.1. The zero-order chi connectivity index (χ0) is 20.5. The van der Waals surface area contributed by atoms with E-state index in [0.29, 0.717) is 23.3 Å². The second-order valence-corrected chi connectivity index (χ2v) is 8.20.